The molecule has 1 saturated carbocycles. The monoisotopic (exact) mass is 424 g/mol. The van der Waals surface area contributed by atoms with Crippen molar-refractivity contribution in [2.75, 3.05) is 18.7 Å². The zero-order valence-corrected chi connectivity index (χ0v) is 18.4. The largest absolute Gasteiger partial charge is 0.481 e. The molecule has 2 aliphatic rings. The van der Waals surface area contributed by atoms with Crippen LogP contribution in [0.5, 0.6) is 0 Å². The van der Waals surface area contributed by atoms with Crippen LogP contribution in [0, 0.1) is 0 Å². The molecule has 8 nitrogen and oxygen atoms in total. The second-order valence-electron chi connectivity index (χ2n) is 9.06. The van der Waals surface area contributed by atoms with Gasteiger partial charge in [-0.05, 0) is 57.2 Å². The number of aromatic nitrogens is 2. The summed E-state index contributed by atoms with van der Waals surface area (Å²) in [6, 6.07) is 2.01. The van der Waals surface area contributed by atoms with Crippen LogP contribution >= 0.6 is 0 Å². The molecule has 2 aromatic heterocycles. The Bertz CT molecular complexity index is 1080. The highest BCUT2D eigenvalue weighted by Gasteiger charge is 2.28. The van der Waals surface area contributed by atoms with Gasteiger partial charge in [0.15, 0.2) is 12.4 Å². The molecule has 0 N–H and O–H groups in total. The molecule has 0 aromatic carbocycles. The van der Waals surface area contributed by atoms with E-state index in [9.17, 15) is 9.59 Å². The number of rotatable bonds is 4. The number of carbonyl (C=O) groups excluding carboxylic acids is 2. The van der Waals surface area contributed by atoms with Crippen LogP contribution in [0.3, 0.4) is 0 Å². The number of hydrogen-bond donors (Lipinski definition) is 0. The molecule has 0 spiro atoms. The van der Waals surface area contributed by atoms with E-state index >= 15 is 0 Å². The van der Waals surface area contributed by atoms with Gasteiger partial charge >= 0.3 is 6.09 Å². The van der Waals surface area contributed by atoms with Crippen LogP contribution in [0.2, 0.25) is 0 Å². The van der Waals surface area contributed by atoms with Crippen LogP contribution in [0.25, 0.3) is 5.65 Å². The summed E-state index contributed by atoms with van der Waals surface area (Å²) in [6.07, 6.45) is 8.81. The van der Waals surface area contributed by atoms with Gasteiger partial charge in [-0.25, -0.2) is 9.78 Å². The minimum atomic E-state index is -0.597. The normalized spacial score (nSPS) is 17.0. The Labute approximate surface area is 181 Å². The molecule has 8 heteroatoms. The van der Waals surface area contributed by atoms with Crippen LogP contribution in [-0.2, 0) is 20.8 Å². The first-order valence-electron chi connectivity index (χ1n) is 10.4. The third-order valence-electron chi connectivity index (χ3n) is 5.19. The first kappa shape index (κ1) is 21.0. The van der Waals surface area contributed by atoms with Gasteiger partial charge in [-0.2, -0.15) is 0 Å². The molecule has 0 saturated heterocycles. The predicted octanol–water partition coefficient (Wildman–Crippen LogP) is 3.97. The molecule has 2 amide bonds. The van der Waals surface area contributed by atoms with E-state index in [1.807, 2.05) is 37.4 Å². The minimum Gasteiger partial charge on any atom is -0.481 e. The maximum atomic E-state index is 12.7. The van der Waals surface area contributed by atoms with E-state index in [4.69, 9.17) is 14.5 Å². The van der Waals surface area contributed by atoms with Crippen LogP contribution in [0.15, 0.2) is 43.0 Å². The van der Waals surface area contributed by atoms with E-state index in [1.165, 1.54) is 11.2 Å². The lowest BCUT2D eigenvalue weighted by Gasteiger charge is -2.25. The van der Waals surface area contributed by atoms with Gasteiger partial charge in [0.05, 0.1) is 24.2 Å². The van der Waals surface area contributed by atoms with Gasteiger partial charge in [0, 0.05) is 25.0 Å². The van der Waals surface area contributed by atoms with E-state index < -0.39 is 11.7 Å². The average Bonchev–Trinajstić information content (AvgIpc) is 3.48. The molecule has 1 aliphatic heterocycles. The summed E-state index contributed by atoms with van der Waals surface area (Å²) in [5.41, 5.74) is 2.93. The number of nitrogens with zero attached hydrogens (tertiary/aromatic N) is 4. The van der Waals surface area contributed by atoms with Gasteiger partial charge in [-0.3, -0.25) is 14.6 Å². The van der Waals surface area contributed by atoms with Crippen molar-refractivity contribution in [3.8, 4) is 0 Å². The van der Waals surface area contributed by atoms with Gasteiger partial charge in [0.2, 0.25) is 0 Å². The summed E-state index contributed by atoms with van der Waals surface area (Å²) in [5.74, 6) is 0.298. The Morgan fingerprint density at radius 2 is 2.10 bits per heavy atom. The van der Waals surface area contributed by atoms with Gasteiger partial charge < -0.3 is 13.9 Å². The maximum Gasteiger partial charge on any atom is 0.414 e. The third-order valence-corrected chi connectivity index (χ3v) is 5.19. The van der Waals surface area contributed by atoms with E-state index in [1.54, 1.807) is 18.0 Å². The summed E-state index contributed by atoms with van der Waals surface area (Å²) in [4.78, 5) is 33.0. The lowest BCUT2D eigenvalue weighted by Crippen LogP contribution is -2.34. The Balaban J connectivity index is 1.67. The SMILES string of the molecule is C=C1C=COCN(Cc2cn3cc(C4CC4)cc(N(C)C(=O)OC(C)(C)C)c3n2)C1=O. The quantitative estimate of drug-likeness (QED) is 0.694. The number of anilines is 1. The highest BCUT2D eigenvalue weighted by molar-refractivity contribution is 5.95. The fourth-order valence-electron chi connectivity index (χ4n) is 3.45. The van der Waals surface area contributed by atoms with Crippen LogP contribution < -0.4 is 4.90 Å². The van der Waals surface area contributed by atoms with Crippen molar-refractivity contribution in [2.45, 2.75) is 51.7 Å². The lowest BCUT2D eigenvalue weighted by atomic mass is 10.1. The number of ether oxygens (including phenoxy) is 2. The molecule has 0 unspecified atom stereocenters. The summed E-state index contributed by atoms with van der Waals surface area (Å²) >= 11 is 0. The van der Waals surface area contributed by atoms with Crippen molar-refractivity contribution in [2.24, 2.45) is 0 Å². The molecule has 0 atom stereocenters. The average molecular weight is 425 g/mol. The summed E-state index contributed by atoms with van der Waals surface area (Å²) in [6.45, 7) is 9.69. The van der Waals surface area contributed by atoms with E-state index in [0.29, 0.717) is 28.5 Å². The number of imidazole rings is 1. The Morgan fingerprint density at radius 3 is 2.77 bits per heavy atom. The first-order valence-corrected chi connectivity index (χ1v) is 10.4. The van der Waals surface area contributed by atoms with Crippen molar-refractivity contribution in [1.82, 2.24) is 14.3 Å². The Kier molecular flexibility index (Phi) is 5.24. The smallest absolute Gasteiger partial charge is 0.414 e. The number of hydrogen-bond acceptors (Lipinski definition) is 5. The number of carbonyl (C=O) groups is 2. The summed E-state index contributed by atoms with van der Waals surface area (Å²) in [5, 5.41) is 0. The predicted molar refractivity (Wildman–Crippen MR) is 117 cm³/mol. The van der Waals surface area contributed by atoms with Crippen molar-refractivity contribution in [3.63, 3.8) is 0 Å². The lowest BCUT2D eigenvalue weighted by molar-refractivity contribution is -0.130. The Hall–Kier alpha value is -3.29. The summed E-state index contributed by atoms with van der Waals surface area (Å²) < 4.78 is 12.8. The second kappa shape index (κ2) is 7.76. The van der Waals surface area contributed by atoms with Crippen molar-refractivity contribution >= 4 is 23.3 Å². The zero-order valence-electron chi connectivity index (χ0n) is 18.4. The zero-order chi connectivity index (χ0) is 22.3. The summed E-state index contributed by atoms with van der Waals surface area (Å²) in [7, 11) is 1.69. The minimum absolute atomic E-state index is 0.125. The number of amides is 2. The molecule has 4 rings (SSSR count). The van der Waals surface area contributed by atoms with Crippen molar-refractivity contribution < 1.29 is 19.1 Å². The van der Waals surface area contributed by atoms with Crippen molar-refractivity contribution in [1.29, 1.82) is 0 Å². The van der Waals surface area contributed by atoms with E-state index in [-0.39, 0.29) is 19.2 Å². The van der Waals surface area contributed by atoms with Gasteiger partial charge in [-0.1, -0.05) is 6.58 Å². The van der Waals surface area contributed by atoms with Crippen LogP contribution in [0.4, 0.5) is 10.5 Å². The van der Waals surface area contributed by atoms with Gasteiger partial charge in [-0.15, -0.1) is 0 Å². The Morgan fingerprint density at radius 1 is 1.35 bits per heavy atom. The van der Waals surface area contributed by atoms with Crippen LogP contribution in [-0.4, -0.2) is 45.7 Å². The van der Waals surface area contributed by atoms with Crippen molar-refractivity contribution in [3.05, 3.63) is 54.2 Å². The molecular weight excluding hydrogens is 396 g/mol. The van der Waals surface area contributed by atoms with E-state index in [2.05, 4.69) is 12.8 Å². The molecule has 0 radical (unpaired) electrons. The molecular formula is C23H28N4O4. The fourth-order valence-corrected chi connectivity index (χ4v) is 3.45. The van der Waals surface area contributed by atoms with Gasteiger partial charge in [0.25, 0.3) is 5.91 Å². The molecule has 1 aliphatic carbocycles. The van der Waals surface area contributed by atoms with Crippen LogP contribution in [0.1, 0.15) is 50.8 Å². The molecule has 164 valence electrons. The van der Waals surface area contributed by atoms with Gasteiger partial charge in [0.1, 0.15) is 5.60 Å². The van der Waals surface area contributed by atoms with E-state index in [0.717, 1.165) is 18.4 Å². The molecule has 31 heavy (non-hydrogen) atoms. The standard InChI is InChI=1S/C23H28N4O4/c1-15-8-9-30-14-27(21(15)28)13-18-12-26-11-17(16-6-7-16)10-19(20(26)24-18)25(5)22(29)31-23(2,3)4/h8-12,16H,1,6-7,13-14H2,2-5H3. The highest BCUT2D eigenvalue weighted by Crippen LogP contribution is 2.41. The topological polar surface area (TPSA) is 76.4 Å². The first-order chi connectivity index (χ1) is 14.6. The molecule has 3 heterocycles. The highest BCUT2D eigenvalue weighted by atomic mass is 16.6. The third kappa shape index (κ3) is 4.57. The number of fused-ring (bicyclic) bond motifs is 1. The second-order valence-corrected chi connectivity index (χ2v) is 9.06. The molecule has 0 bridgehead atoms. The number of pyridine rings is 1. The fraction of sp³-hybridized carbons (Fsp3) is 0.435. The molecule has 2 aromatic rings. The maximum absolute atomic E-state index is 12.7. The molecule has 1 fully saturated rings.